The fourth-order valence-corrected chi connectivity index (χ4v) is 8.81. The second-order valence-electron chi connectivity index (χ2n) is 12.9. The van der Waals surface area contributed by atoms with E-state index in [0.29, 0.717) is 0 Å². The fraction of sp³-hybridized carbons (Fsp3) is 0.0682. The number of rotatable bonds is 1. The molecule has 0 amide bonds. The summed E-state index contributed by atoms with van der Waals surface area (Å²) < 4.78 is 9.35. The fourth-order valence-electron chi connectivity index (χ4n) is 8.81. The standard InChI is InChI=1S/C44H28N2O/c1-4-16-34-30(12-1)31-13-2-5-17-35(31)44(34)36-18-6-10-23-41(36)47-42-28(15-11-19-37(42)44)27-24-25-29-32-14-3-8-21-39(32)46-40-22-9-7-20-38(40)45-43(46)33(29)26-27/h1-6,8-19,21-26H,7,20H2. The van der Waals surface area contributed by atoms with Crippen LogP contribution >= 0.6 is 0 Å². The minimum atomic E-state index is -0.484. The van der Waals surface area contributed by atoms with Crippen LogP contribution in [0.2, 0.25) is 0 Å². The first kappa shape index (κ1) is 25.3. The lowest BCUT2D eigenvalue weighted by atomic mass is 9.65. The Morgan fingerprint density at radius 3 is 2.15 bits per heavy atom. The van der Waals surface area contributed by atoms with Gasteiger partial charge in [-0.25, -0.2) is 4.98 Å². The van der Waals surface area contributed by atoms with Crippen LogP contribution in [0.15, 0.2) is 140 Å². The van der Waals surface area contributed by atoms with Crippen molar-refractivity contribution >= 4 is 33.4 Å². The van der Waals surface area contributed by atoms with Gasteiger partial charge in [0.15, 0.2) is 0 Å². The third kappa shape index (κ3) is 3.14. The van der Waals surface area contributed by atoms with Crippen molar-refractivity contribution in [3.8, 4) is 33.8 Å². The predicted octanol–water partition coefficient (Wildman–Crippen LogP) is 10.7. The van der Waals surface area contributed by atoms with Crippen molar-refractivity contribution in [2.24, 2.45) is 0 Å². The van der Waals surface area contributed by atoms with Gasteiger partial charge in [0.25, 0.3) is 0 Å². The summed E-state index contributed by atoms with van der Waals surface area (Å²) in [5.74, 6) is 1.82. The predicted molar refractivity (Wildman–Crippen MR) is 190 cm³/mol. The van der Waals surface area contributed by atoms with Crippen LogP contribution in [0.4, 0.5) is 0 Å². The van der Waals surface area contributed by atoms with Crippen LogP contribution in [0.3, 0.4) is 0 Å². The van der Waals surface area contributed by atoms with Crippen molar-refractivity contribution in [2.75, 3.05) is 0 Å². The van der Waals surface area contributed by atoms with Crippen LogP contribution in [0, 0.1) is 0 Å². The molecule has 1 spiro atoms. The number of hydrogen-bond acceptors (Lipinski definition) is 2. The molecule has 2 aliphatic carbocycles. The molecule has 3 heteroatoms. The normalized spacial score (nSPS) is 14.9. The van der Waals surface area contributed by atoms with Crippen LogP contribution in [0.1, 0.15) is 40.1 Å². The average Bonchev–Trinajstić information content (AvgIpc) is 3.67. The van der Waals surface area contributed by atoms with Crippen molar-refractivity contribution in [1.29, 1.82) is 0 Å². The van der Waals surface area contributed by atoms with E-state index in [2.05, 4.69) is 150 Å². The molecule has 47 heavy (non-hydrogen) atoms. The maximum Gasteiger partial charge on any atom is 0.145 e. The van der Waals surface area contributed by atoms with Crippen LogP contribution < -0.4 is 4.74 Å². The maximum absolute atomic E-state index is 6.99. The highest BCUT2D eigenvalue weighted by Gasteiger charge is 2.51. The van der Waals surface area contributed by atoms with E-state index in [1.54, 1.807) is 0 Å². The molecule has 220 valence electrons. The van der Waals surface area contributed by atoms with Crippen LogP contribution in [0.5, 0.6) is 11.5 Å². The van der Waals surface area contributed by atoms with Crippen molar-refractivity contribution < 1.29 is 4.74 Å². The van der Waals surface area contributed by atoms with E-state index in [-0.39, 0.29) is 0 Å². The summed E-state index contributed by atoms with van der Waals surface area (Å²) in [6.07, 6.45) is 6.51. The zero-order chi connectivity index (χ0) is 30.7. The lowest BCUT2D eigenvalue weighted by Crippen LogP contribution is -2.32. The van der Waals surface area contributed by atoms with Crippen molar-refractivity contribution in [3.63, 3.8) is 0 Å². The molecule has 3 aliphatic rings. The highest BCUT2D eigenvalue weighted by Crippen LogP contribution is 2.63. The Labute approximate surface area is 272 Å². The number of nitrogens with zero attached hydrogens (tertiary/aromatic N) is 2. The molecule has 11 rings (SSSR count). The lowest BCUT2D eigenvalue weighted by Gasteiger charge is -2.40. The average molecular weight is 601 g/mol. The minimum absolute atomic E-state index is 0.484. The van der Waals surface area contributed by atoms with Gasteiger partial charge >= 0.3 is 0 Å². The lowest BCUT2D eigenvalue weighted by molar-refractivity contribution is 0.438. The van der Waals surface area contributed by atoms with Gasteiger partial charge < -0.3 is 4.74 Å². The first-order chi connectivity index (χ1) is 23.3. The summed E-state index contributed by atoms with van der Waals surface area (Å²) in [7, 11) is 0. The number of imidazole rings is 1. The van der Waals surface area contributed by atoms with E-state index in [0.717, 1.165) is 46.5 Å². The first-order valence-electron chi connectivity index (χ1n) is 16.5. The summed E-state index contributed by atoms with van der Waals surface area (Å²) in [6.45, 7) is 0. The second kappa shape index (κ2) is 9.08. The number of ether oxygens (including phenoxy) is 1. The van der Waals surface area contributed by atoms with E-state index < -0.39 is 5.41 Å². The molecule has 0 atom stereocenters. The van der Waals surface area contributed by atoms with Gasteiger partial charge in [-0.15, -0.1) is 0 Å². The van der Waals surface area contributed by atoms with Crippen molar-refractivity contribution in [2.45, 2.75) is 18.3 Å². The van der Waals surface area contributed by atoms with E-state index in [1.807, 2.05) is 0 Å². The number of hydrogen-bond donors (Lipinski definition) is 0. The number of benzene rings is 6. The Hall–Kier alpha value is -5.93. The smallest absolute Gasteiger partial charge is 0.145 e. The highest BCUT2D eigenvalue weighted by molar-refractivity contribution is 6.13. The van der Waals surface area contributed by atoms with Gasteiger partial charge in [0.1, 0.15) is 17.1 Å². The Bertz CT molecular complexity index is 2630. The summed E-state index contributed by atoms with van der Waals surface area (Å²) >= 11 is 0. The minimum Gasteiger partial charge on any atom is -0.456 e. The Kier molecular flexibility index (Phi) is 4.89. The largest absolute Gasteiger partial charge is 0.456 e. The first-order valence-corrected chi connectivity index (χ1v) is 16.5. The Morgan fingerprint density at radius 1 is 0.596 bits per heavy atom. The summed E-state index contributed by atoms with van der Waals surface area (Å²) in [5, 5.41) is 3.61. The monoisotopic (exact) mass is 600 g/mol. The van der Waals surface area contributed by atoms with E-state index in [9.17, 15) is 0 Å². The van der Waals surface area contributed by atoms with Crippen LogP contribution in [-0.2, 0) is 11.8 Å². The van der Waals surface area contributed by atoms with Gasteiger partial charge in [0.05, 0.1) is 22.3 Å². The number of aromatic nitrogens is 2. The molecule has 0 N–H and O–H groups in total. The highest BCUT2D eigenvalue weighted by atomic mass is 16.5. The zero-order valence-corrected chi connectivity index (χ0v) is 25.6. The molecule has 3 heterocycles. The van der Waals surface area contributed by atoms with Crippen LogP contribution in [-0.4, -0.2) is 9.38 Å². The molecule has 0 bridgehead atoms. The maximum atomic E-state index is 6.99. The Morgan fingerprint density at radius 2 is 1.30 bits per heavy atom. The van der Waals surface area contributed by atoms with Gasteiger partial charge in [-0.3, -0.25) is 4.40 Å². The molecule has 0 unspecified atom stereocenters. The Balaban J connectivity index is 1.23. The molecule has 0 saturated heterocycles. The summed E-state index contributed by atoms with van der Waals surface area (Å²) in [5.41, 5.74) is 13.9. The molecule has 6 aromatic carbocycles. The number of allylic oxidation sites excluding steroid dienone is 1. The third-order valence-corrected chi connectivity index (χ3v) is 10.7. The topological polar surface area (TPSA) is 26.5 Å². The molecule has 0 fully saturated rings. The van der Waals surface area contributed by atoms with Gasteiger partial charge in [-0.1, -0.05) is 121 Å². The third-order valence-electron chi connectivity index (χ3n) is 10.7. The van der Waals surface area contributed by atoms with Gasteiger partial charge in [0.2, 0.25) is 0 Å². The molecular weight excluding hydrogens is 572 g/mol. The number of para-hydroxylation sites is 3. The van der Waals surface area contributed by atoms with Crippen LogP contribution in [0.25, 0.3) is 55.7 Å². The number of pyridine rings is 1. The van der Waals surface area contributed by atoms with Gasteiger partial charge in [-0.05, 0) is 70.3 Å². The second-order valence-corrected chi connectivity index (χ2v) is 12.9. The number of aryl methyl sites for hydroxylation is 1. The molecule has 1 aliphatic heterocycles. The van der Waals surface area contributed by atoms with E-state index in [4.69, 9.17) is 9.72 Å². The summed E-state index contributed by atoms with van der Waals surface area (Å²) in [4.78, 5) is 5.27. The van der Waals surface area contributed by atoms with Crippen molar-refractivity contribution in [1.82, 2.24) is 9.38 Å². The quantitative estimate of drug-likeness (QED) is 0.175. The molecule has 3 nitrogen and oxygen atoms in total. The summed E-state index contributed by atoms with van der Waals surface area (Å²) in [6, 6.07) is 48.7. The SMILES string of the molecule is C1=Cc2c(nc3c4cc(-c5cccc6c5Oc5ccccc5C65c6ccccc6-c6ccccc65)ccc4c4ccccc4n23)CC1. The van der Waals surface area contributed by atoms with Gasteiger partial charge in [0, 0.05) is 27.5 Å². The molecule has 0 saturated carbocycles. The van der Waals surface area contributed by atoms with Crippen molar-refractivity contribution in [3.05, 3.63) is 173 Å². The molecular formula is C44H28N2O. The zero-order valence-electron chi connectivity index (χ0n) is 25.6. The molecule has 0 radical (unpaired) electrons. The van der Waals surface area contributed by atoms with E-state index in [1.165, 1.54) is 61.1 Å². The molecule has 8 aromatic rings. The van der Waals surface area contributed by atoms with E-state index >= 15 is 0 Å². The van der Waals surface area contributed by atoms with Gasteiger partial charge in [-0.2, -0.15) is 0 Å². The number of fused-ring (bicyclic) bond motifs is 17. The molecule has 2 aromatic heterocycles.